The molecule has 0 amide bonds. The largest absolute Gasteiger partial charge is 0.393 e. The number of rotatable bonds is 1. The summed E-state index contributed by atoms with van der Waals surface area (Å²) in [7, 11) is 0. The third kappa shape index (κ3) is 2.08. The van der Waals surface area contributed by atoms with Gasteiger partial charge in [-0.25, -0.2) is 0 Å². The van der Waals surface area contributed by atoms with E-state index >= 15 is 0 Å². The molecule has 0 unspecified atom stereocenters. The van der Waals surface area contributed by atoms with E-state index in [1.165, 1.54) is 18.1 Å². The number of ketones is 1. The SMILES string of the molecule is CC(=O)[C@]1(O)CC[C@H]2C3=CC=C4C[C@@H](O)CC[C@]4(C)[C@H]3[C@H](O)C[C@@]21C. The number of fused-ring (bicyclic) bond motifs is 5. The Balaban J connectivity index is 1.80. The van der Waals surface area contributed by atoms with Crippen LogP contribution in [0.2, 0.25) is 0 Å². The number of hydrogen-bond donors (Lipinski definition) is 3. The predicted octanol–water partition coefficient (Wildman–Crippen LogP) is 2.52. The first-order chi connectivity index (χ1) is 11.6. The lowest BCUT2D eigenvalue weighted by Crippen LogP contribution is -2.58. The molecule has 0 heterocycles. The topological polar surface area (TPSA) is 77.8 Å². The molecule has 0 bridgehead atoms. The average molecular weight is 346 g/mol. The van der Waals surface area contributed by atoms with Gasteiger partial charge in [0, 0.05) is 11.3 Å². The number of hydrogen-bond acceptors (Lipinski definition) is 4. The van der Waals surface area contributed by atoms with Gasteiger partial charge in [-0.15, -0.1) is 0 Å². The third-order valence-electron chi connectivity index (χ3n) is 8.22. The van der Waals surface area contributed by atoms with Crippen molar-refractivity contribution >= 4 is 5.78 Å². The smallest absolute Gasteiger partial charge is 0.161 e. The number of carbonyl (C=O) groups excluding carboxylic acids is 1. The van der Waals surface area contributed by atoms with Crippen LogP contribution >= 0.6 is 0 Å². The molecule has 3 fully saturated rings. The van der Waals surface area contributed by atoms with Crippen LogP contribution in [0, 0.1) is 22.7 Å². The predicted molar refractivity (Wildman–Crippen MR) is 94.7 cm³/mol. The van der Waals surface area contributed by atoms with Crippen LogP contribution < -0.4 is 0 Å². The normalized spacial score (nSPS) is 51.8. The van der Waals surface area contributed by atoms with Gasteiger partial charge in [-0.1, -0.05) is 37.1 Å². The van der Waals surface area contributed by atoms with Crippen molar-refractivity contribution in [3.63, 3.8) is 0 Å². The van der Waals surface area contributed by atoms with Crippen LogP contribution in [-0.2, 0) is 4.79 Å². The second kappa shape index (κ2) is 5.28. The summed E-state index contributed by atoms with van der Waals surface area (Å²) in [5.41, 5.74) is 0.388. The zero-order valence-electron chi connectivity index (χ0n) is 15.5. The van der Waals surface area contributed by atoms with Gasteiger partial charge < -0.3 is 15.3 Å². The highest BCUT2D eigenvalue weighted by molar-refractivity contribution is 5.86. The highest BCUT2D eigenvalue weighted by atomic mass is 16.3. The van der Waals surface area contributed by atoms with Crippen LogP contribution in [0.1, 0.15) is 59.3 Å². The molecular weight excluding hydrogens is 316 g/mol. The number of Topliss-reactive ketones (excluding diaryl/α,β-unsaturated/α-hetero) is 1. The molecule has 25 heavy (non-hydrogen) atoms. The van der Waals surface area contributed by atoms with E-state index in [2.05, 4.69) is 19.1 Å². The summed E-state index contributed by atoms with van der Waals surface area (Å²) >= 11 is 0. The molecule has 4 nitrogen and oxygen atoms in total. The molecule has 0 aromatic rings. The van der Waals surface area contributed by atoms with E-state index in [0.29, 0.717) is 19.3 Å². The average Bonchev–Trinajstić information content (AvgIpc) is 2.80. The number of aliphatic hydroxyl groups excluding tert-OH is 2. The van der Waals surface area contributed by atoms with E-state index in [-0.39, 0.29) is 29.1 Å². The zero-order valence-corrected chi connectivity index (χ0v) is 15.5. The summed E-state index contributed by atoms with van der Waals surface area (Å²) in [4.78, 5) is 12.2. The van der Waals surface area contributed by atoms with E-state index in [9.17, 15) is 20.1 Å². The van der Waals surface area contributed by atoms with Gasteiger partial charge >= 0.3 is 0 Å². The van der Waals surface area contributed by atoms with Gasteiger partial charge in [0.25, 0.3) is 0 Å². The molecule has 3 saturated carbocycles. The van der Waals surface area contributed by atoms with Crippen molar-refractivity contribution in [1.29, 1.82) is 0 Å². The quantitative estimate of drug-likeness (QED) is 0.682. The van der Waals surface area contributed by atoms with Crippen molar-refractivity contribution in [2.75, 3.05) is 0 Å². The second-order valence-electron chi connectivity index (χ2n) is 9.35. The lowest BCUT2D eigenvalue weighted by molar-refractivity contribution is -0.157. The minimum Gasteiger partial charge on any atom is -0.393 e. The molecule has 4 heteroatoms. The van der Waals surface area contributed by atoms with E-state index in [0.717, 1.165) is 19.3 Å². The molecule has 138 valence electrons. The maximum atomic E-state index is 12.2. The summed E-state index contributed by atoms with van der Waals surface area (Å²) in [5.74, 6) is -0.00792. The molecule has 0 aromatic carbocycles. The molecule has 3 N–H and O–H groups in total. The first-order valence-electron chi connectivity index (χ1n) is 9.64. The Kier molecular flexibility index (Phi) is 3.68. The number of carbonyl (C=O) groups is 1. The molecule has 0 saturated heterocycles. The molecule has 4 rings (SSSR count). The molecule has 7 atom stereocenters. The fraction of sp³-hybridized carbons (Fsp3) is 0.762. The Bertz CT molecular complexity index is 679. The Morgan fingerprint density at radius 3 is 2.56 bits per heavy atom. The summed E-state index contributed by atoms with van der Waals surface area (Å²) in [6.45, 7) is 5.68. The van der Waals surface area contributed by atoms with E-state index < -0.39 is 17.1 Å². The van der Waals surface area contributed by atoms with Crippen LogP contribution in [0.25, 0.3) is 0 Å². The van der Waals surface area contributed by atoms with Crippen molar-refractivity contribution in [2.24, 2.45) is 22.7 Å². The highest BCUT2D eigenvalue weighted by Gasteiger charge is 2.65. The molecule has 0 aromatic heterocycles. The van der Waals surface area contributed by atoms with Crippen molar-refractivity contribution < 1.29 is 20.1 Å². The fourth-order valence-electron chi connectivity index (χ4n) is 6.70. The van der Waals surface area contributed by atoms with Gasteiger partial charge in [0.2, 0.25) is 0 Å². The Morgan fingerprint density at radius 2 is 1.88 bits per heavy atom. The second-order valence-corrected chi connectivity index (χ2v) is 9.35. The van der Waals surface area contributed by atoms with E-state index in [1.807, 2.05) is 6.92 Å². The van der Waals surface area contributed by atoms with Gasteiger partial charge in [0.05, 0.1) is 12.2 Å². The molecular formula is C21H30O4. The molecule has 0 aliphatic heterocycles. The lowest BCUT2D eigenvalue weighted by Gasteiger charge is -2.57. The van der Waals surface area contributed by atoms with Crippen LogP contribution in [0.15, 0.2) is 23.3 Å². The Hall–Kier alpha value is -0.970. The standard InChI is InChI=1S/C21H30O4/c1-12(22)21(25)9-7-16-15-5-4-13-10-14(23)6-8-19(13,2)18(15)17(24)11-20(16,21)3/h4-5,14,16-18,23-25H,6-11H2,1-3H3/t14-,16-,17+,18+,19-,20-,21+/m0/s1. The van der Waals surface area contributed by atoms with Crippen molar-refractivity contribution in [2.45, 2.75) is 77.1 Å². The summed E-state index contributed by atoms with van der Waals surface area (Å²) in [6.07, 6.45) is 7.47. The first kappa shape index (κ1) is 17.4. The monoisotopic (exact) mass is 346 g/mol. The van der Waals surface area contributed by atoms with Gasteiger partial charge in [-0.05, 0) is 56.8 Å². The minimum absolute atomic E-state index is 0.0346. The minimum atomic E-state index is -1.34. The van der Waals surface area contributed by atoms with Crippen LogP contribution in [-0.4, -0.2) is 38.9 Å². The number of allylic oxidation sites excluding steroid dienone is 2. The molecule has 0 spiro atoms. The maximum Gasteiger partial charge on any atom is 0.161 e. The van der Waals surface area contributed by atoms with Gasteiger partial charge in [-0.2, -0.15) is 0 Å². The van der Waals surface area contributed by atoms with E-state index in [4.69, 9.17) is 0 Å². The van der Waals surface area contributed by atoms with Crippen molar-refractivity contribution in [3.05, 3.63) is 23.3 Å². The maximum absolute atomic E-state index is 12.2. The molecule has 0 radical (unpaired) electrons. The van der Waals surface area contributed by atoms with Crippen molar-refractivity contribution in [3.8, 4) is 0 Å². The van der Waals surface area contributed by atoms with E-state index in [1.54, 1.807) is 0 Å². The summed E-state index contributed by atoms with van der Waals surface area (Å²) < 4.78 is 0. The Morgan fingerprint density at radius 1 is 1.16 bits per heavy atom. The third-order valence-corrected chi connectivity index (χ3v) is 8.22. The van der Waals surface area contributed by atoms with Crippen LogP contribution in [0.5, 0.6) is 0 Å². The lowest BCUT2D eigenvalue weighted by atomic mass is 9.49. The number of aliphatic hydroxyl groups is 3. The zero-order chi connectivity index (χ0) is 18.2. The fourth-order valence-corrected chi connectivity index (χ4v) is 6.70. The Labute approximate surface area is 149 Å². The van der Waals surface area contributed by atoms with Gasteiger partial charge in [0.15, 0.2) is 5.78 Å². The summed E-state index contributed by atoms with van der Waals surface area (Å²) in [5, 5.41) is 32.3. The first-order valence-corrected chi connectivity index (χ1v) is 9.64. The van der Waals surface area contributed by atoms with Crippen LogP contribution in [0.3, 0.4) is 0 Å². The molecule has 4 aliphatic rings. The van der Waals surface area contributed by atoms with Crippen LogP contribution in [0.4, 0.5) is 0 Å². The van der Waals surface area contributed by atoms with Gasteiger partial charge in [0.1, 0.15) is 5.60 Å². The van der Waals surface area contributed by atoms with Crippen molar-refractivity contribution in [1.82, 2.24) is 0 Å². The van der Waals surface area contributed by atoms with Gasteiger partial charge in [-0.3, -0.25) is 4.79 Å². The molecule has 4 aliphatic carbocycles. The summed E-state index contributed by atoms with van der Waals surface area (Å²) in [6, 6.07) is 0. The highest BCUT2D eigenvalue weighted by Crippen LogP contribution is 2.65.